The number of nitrogens with one attached hydrogen (secondary N) is 1. The van der Waals surface area contributed by atoms with E-state index in [1.165, 1.54) is 0 Å². The molecule has 0 bridgehead atoms. The van der Waals surface area contributed by atoms with Crippen LogP contribution in [0.25, 0.3) is 22.1 Å². The number of H-pyrrole nitrogens is 1. The normalized spacial score (nSPS) is 15.2. The Kier molecular flexibility index (Phi) is 4.19. The number of fused-ring (bicyclic) bond motifs is 3. The SMILES string of the molecule is Bc1ccc2oc3c(=O)[nH]c(C4CCN(C(=O)c5ccncc5)CC4)nc3c2c1. The molecule has 0 unspecified atom stereocenters. The van der Waals surface area contributed by atoms with Gasteiger partial charge in [0.1, 0.15) is 24.8 Å². The van der Waals surface area contributed by atoms with Gasteiger partial charge in [0.25, 0.3) is 11.5 Å². The molecule has 1 saturated heterocycles. The molecule has 0 atom stereocenters. The first kappa shape index (κ1) is 17.7. The van der Waals surface area contributed by atoms with Crippen molar-refractivity contribution < 1.29 is 9.21 Å². The average molecular weight is 386 g/mol. The number of hydrogen-bond donors (Lipinski definition) is 1. The molecule has 144 valence electrons. The molecule has 3 aromatic heterocycles. The van der Waals surface area contributed by atoms with E-state index < -0.39 is 0 Å². The zero-order valence-electron chi connectivity index (χ0n) is 16.0. The van der Waals surface area contributed by atoms with E-state index in [-0.39, 0.29) is 23.0 Å². The fraction of sp³-hybridized carbons (Fsp3) is 0.238. The van der Waals surface area contributed by atoms with Gasteiger partial charge in [-0.1, -0.05) is 17.6 Å². The van der Waals surface area contributed by atoms with E-state index in [4.69, 9.17) is 9.40 Å². The minimum atomic E-state index is -0.255. The fourth-order valence-electron chi connectivity index (χ4n) is 4.01. The summed E-state index contributed by atoms with van der Waals surface area (Å²) in [5.74, 6) is 0.783. The number of likely N-dealkylation sites (tertiary alicyclic amines) is 1. The summed E-state index contributed by atoms with van der Waals surface area (Å²) in [5.41, 5.74) is 3.02. The molecule has 0 radical (unpaired) electrons. The van der Waals surface area contributed by atoms with Gasteiger partial charge in [0.05, 0.1) is 0 Å². The summed E-state index contributed by atoms with van der Waals surface area (Å²) < 4.78 is 5.71. The third-order valence-electron chi connectivity index (χ3n) is 5.59. The summed E-state index contributed by atoms with van der Waals surface area (Å²) in [7, 11) is 2.00. The lowest BCUT2D eigenvalue weighted by atomic mass is 9.94. The number of carbonyl (C=O) groups is 1. The van der Waals surface area contributed by atoms with Gasteiger partial charge in [-0.15, -0.1) is 0 Å². The predicted octanol–water partition coefficient (Wildman–Crippen LogP) is 1.34. The number of piperidine rings is 1. The number of hydrogen-bond acceptors (Lipinski definition) is 5. The first-order valence-electron chi connectivity index (χ1n) is 9.72. The van der Waals surface area contributed by atoms with Crippen LogP contribution in [0.2, 0.25) is 0 Å². The van der Waals surface area contributed by atoms with Crippen molar-refractivity contribution in [3.05, 3.63) is 64.5 Å². The Hall–Kier alpha value is -3.42. The molecule has 5 rings (SSSR count). The Morgan fingerprint density at radius 2 is 1.93 bits per heavy atom. The highest BCUT2D eigenvalue weighted by Gasteiger charge is 2.27. The molecule has 1 aromatic carbocycles. The molecule has 1 aliphatic heterocycles. The molecule has 29 heavy (non-hydrogen) atoms. The highest BCUT2D eigenvalue weighted by atomic mass is 16.3. The maximum atomic E-state index is 12.6. The Balaban J connectivity index is 1.42. The van der Waals surface area contributed by atoms with Crippen LogP contribution in [0.3, 0.4) is 0 Å². The molecule has 1 N–H and O–H groups in total. The van der Waals surface area contributed by atoms with Gasteiger partial charge in [-0.05, 0) is 31.0 Å². The summed E-state index contributed by atoms with van der Waals surface area (Å²) in [6.07, 6.45) is 4.75. The minimum absolute atomic E-state index is 0.0130. The zero-order valence-corrected chi connectivity index (χ0v) is 16.0. The molecule has 8 heteroatoms. The highest BCUT2D eigenvalue weighted by molar-refractivity contribution is 6.33. The van der Waals surface area contributed by atoms with E-state index in [0.717, 1.165) is 23.7 Å². The number of aromatic amines is 1. The predicted molar refractivity (Wildman–Crippen MR) is 112 cm³/mol. The molecule has 4 heterocycles. The van der Waals surface area contributed by atoms with E-state index in [1.807, 2.05) is 30.9 Å². The quantitative estimate of drug-likeness (QED) is 0.525. The monoisotopic (exact) mass is 386 g/mol. The van der Waals surface area contributed by atoms with E-state index >= 15 is 0 Å². The Labute approximate surface area is 167 Å². The maximum absolute atomic E-state index is 12.6. The largest absolute Gasteiger partial charge is 0.449 e. The Bertz CT molecular complexity index is 1270. The third-order valence-corrected chi connectivity index (χ3v) is 5.59. The van der Waals surface area contributed by atoms with Crippen LogP contribution in [0.1, 0.15) is 34.9 Å². The van der Waals surface area contributed by atoms with Gasteiger partial charge in [-0.2, -0.15) is 0 Å². The molecule has 0 aliphatic carbocycles. The number of aromatic nitrogens is 3. The topological polar surface area (TPSA) is 92.1 Å². The third kappa shape index (κ3) is 3.10. The lowest BCUT2D eigenvalue weighted by molar-refractivity contribution is 0.0711. The van der Waals surface area contributed by atoms with Crippen LogP contribution >= 0.6 is 0 Å². The van der Waals surface area contributed by atoms with E-state index in [0.29, 0.717) is 35.6 Å². The number of benzene rings is 1. The average Bonchev–Trinajstić information content (AvgIpc) is 3.12. The first-order valence-corrected chi connectivity index (χ1v) is 9.72. The zero-order chi connectivity index (χ0) is 20.0. The first-order chi connectivity index (χ1) is 14.1. The van der Waals surface area contributed by atoms with Gasteiger partial charge in [-0.3, -0.25) is 14.6 Å². The summed E-state index contributed by atoms with van der Waals surface area (Å²) in [6.45, 7) is 1.25. The highest BCUT2D eigenvalue weighted by Crippen LogP contribution is 2.29. The number of amides is 1. The van der Waals surface area contributed by atoms with Crippen molar-refractivity contribution >= 4 is 41.3 Å². The Morgan fingerprint density at radius 1 is 1.17 bits per heavy atom. The molecular formula is C21H19BN4O3. The number of rotatable bonds is 2. The van der Waals surface area contributed by atoms with E-state index in [9.17, 15) is 9.59 Å². The van der Waals surface area contributed by atoms with E-state index in [1.54, 1.807) is 24.5 Å². The van der Waals surface area contributed by atoms with Crippen LogP contribution < -0.4 is 11.0 Å². The smallest absolute Gasteiger partial charge is 0.294 e. The van der Waals surface area contributed by atoms with Gasteiger partial charge in [0.15, 0.2) is 0 Å². The lowest BCUT2D eigenvalue weighted by Crippen LogP contribution is -2.38. The van der Waals surface area contributed by atoms with Crippen molar-refractivity contribution in [2.75, 3.05) is 13.1 Å². The van der Waals surface area contributed by atoms with Crippen LogP contribution in [-0.2, 0) is 0 Å². The Morgan fingerprint density at radius 3 is 2.69 bits per heavy atom. The fourth-order valence-corrected chi connectivity index (χ4v) is 4.01. The van der Waals surface area contributed by atoms with Crippen LogP contribution in [0, 0.1) is 0 Å². The standard InChI is InChI=1S/C21H19BN4O3/c22-14-1-2-16-15(11-14)17-18(29-16)20(27)25-19(24-17)12-5-9-26(10-6-12)21(28)13-3-7-23-8-4-13/h1-4,7-8,11-12H,5-6,9-10,22H2,(H,24,25,27). The second-order valence-electron chi connectivity index (χ2n) is 7.53. The van der Waals surface area contributed by atoms with Crippen LogP contribution in [-0.4, -0.2) is 46.7 Å². The molecule has 1 aliphatic rings. The van der Waals surface area contributed by atoms with Crippen molar-refractivity contribution in [2.24, 2.45) is 0 Å². The number of nitrogens with zero attached hydrogens (tertiary/aromatic N) is 3. The number of furan rings is 1. The van der Waals surface area contributed by atoms with Gasteiger partial charge in [0, 0.05) is 42.4 Å². The molecular weight excluding hydrogens is 367 g/mol. The summed E-state index contributed by atoms with van der Waals surface area (Å²) in [6, 6.07) is 9.28. The summed E-state index contributed by atoms with van der Waals surface area (Å²) in [4.78, 5) is 38.7. The van der Waals surface area contributed by atoms with Crippen molar-refractivity contribution in [1.29, 1.82) is 0 Å². The van der Waals surface area contributed by atoms with Gasteiger partial charge in [-0.25, -0.2) is 4.98 Å². The van der Waals surface area contributed by atoms with Gasteiger partial charge >= 0.3 is 0 Å². The van der Waals surface area contributed by atoms with Crippen molar-refractivity contribution in [3.63, 3.8) is 0 Å². The molecule has 4 aromatic rings. The van der Waals surface area contributed by atoms with Crippen molar-refractivity contribution in [1.82, 2.24) is 19.9 Å². The van der Waals surface area contributed by atoms with Gasteiger partial charge < -0.3 is 14.3 Å². The van der Waals surface area contributed by atoms with Crippen LogP contribution in [0.15, 0.2) is 51.9 Å². The molecule has 0 saturated carbocycles. The summed E-state index contributed by atoms with van der Waals surface area (Å²) >= 11 is 0. The number of carbonyl (C=O) groups excluding carboxylic acids is 1. The second-order valence-corrected chi connectivity index (χ2v) is 7.53. The van der Waals surface area contributed by atoms with Crippen molar-refractivity contribution in [2.45, 2.75) is 18.8 Å². The molecule has 1 fully saturated rings. The molecule has 7 nitrogen and oxygen atoms in total. The lowest BCUT2D eigenvalue weighted by Gasteiger charge is -2.31. The minimum Gasteiger partial charge on any atom is -0.449 e. The number of pyridine rings is 1. The molecule has 1 amide bonds. The van der Waals surface area contributed by atoms with E-state index in [2.05, 4.69) is 9.97 Å². The molecule has 0 spiro atoms. The maximum Gasteiger partial charge on any atom is 0.294 e. The van der Waals surface area contributed by atoms with Crippen LogP contribution in [0.5, 0.6) is 0 Å². The van der Waals surface area contributed by atoms with Gasteiger partial charge in [0.2, 0.25) is 5.58 Å². The van der Waals surface area contributed by atoms with Crippen molar-refractivity contribution in [3.8, 4) is 0 Å². The second kappa shape index (κ2) is 6.88. The van der Waals surface area contributed by atoms with Crippen LogP contribution in [0.4, 0.5) is 0 Å². The summed E-state index contributed by atoms with van der Waals surface area (Å²) in [5, 5.41) is 0.859.